The number of hydrogen-bond donors (Lipinski definition) is 3. The second-order valence-electron chi connectivity index (χ2n) is 7.97. The fraction of sp³-hybridized carbons (Fsp3) is 0.650. The molecule has 1 fully saturated rings. The molecule has 1 amide bonds. The van der Waals surface area contributed by atoms with Crippen molar-refractivity contribution in [3.05, 3.63) is 16.3 Å². The van der Waals surface area contributed by atoms with Crippen molar-refractivity contribution in [1.29, 1.82) is 0 Å². The Balaban J connectivity index is 1.62. The number of morpholine rings is 1. The summed E-state index contributed by atoms with van der Waals surface area (Å²) in [6.07, 6.45) is 3.48. The van der Waals surface area contributed by atoms with Crippen LogP contribution in [0.3, 0.4) is 0 Å². The molecule has 0 radical (unpaired) electrons. The van der Waals surface area contributed by atoms with E-state index in [1.165, 1.54) is 27.1 Å². The molecule has 0 aromatic carbocycles. The second kappa shape index (κ2) is 8.71. The van der Waals surface area contributed by atoms with Gasteiger partial charge < -0.3 is 20.3 Å². The summed E-state index contributed by atoms with van der Waals surface area (Å²) in [6, 6.07) is 0. The van der Waals surface area contributed by atoms with Crippen LogP contribution in [0.2, 0.25) is 0 Å². The van der Waals surface area contributed by atoms with Gasteiger partial charge in [-0.15, -0.1) is 11.3 Å². The fourth-order valence-electron chi connectivity index (χ4n) is 4.07. The molecule has 3 N–H and O–H groups in total. The molecular weight excluding hydrogens is 374 g/mol. The Bertz CT molecular complexity index is 847. The zero-order chi connectivity index (χ0) is 19.5. The van der Waals surface area contributed by atoms with Crippen molar-refractivity contribution in [2.45, 2.75) is 39.7 Å². The van der Waals surface area contributed by atoms with Crippen LogP contribution in [-0.4, -0.2) is 55.3 Å². The number of carbonyl (C=O) groups is 1. The van der Waals surface area contributed by atoms with Gasteiger partial charge in [0, 0.05) is 24.9 Å². The summed E-state index contributed by atoms with van der Waals surface area (Å²) in [5.41, 5.74) is 1.44. The molecule has 1 aliphatic carbocycles. The number of fused-ring (bicyclic) bond motifs is 3. The molecule has 1 atom stereocenters. The van der Waals surface area contributed by atoms with E-state index in [4.69, 9.17) is 14.7 Å². The van der Waals surface area contributed by atoms with E-state index < -0.39 is 0 Å². The molecule has 0 saturated carbocycles. The van der Waals surface area contributed by atoms with Crippen LogP contribution in [0.4, 0.5) is 5.82 Å². The average molecular weight is 405 g/mol. The number of hydrogen-bond acceptors (Lipinski definition) is 6. The summed E-state index contributed by atoms with van der Waals surface area (Å²) < 4.78 is 5.47. The van der Waals surface area contributed by atoms with Gasteiger partial charge in [-0.05, 0) is 30.7 Å². The molecule has 2 aromatic heterocycles. The van der Waals surface area contributed by atoms with Gasteiger partial charge in [0.2, 0.25) is 5.91 Å². The third-order valence-electron chi connectivity index (χ3n) is 5.60. The van der Waals surface area contributed by atoms with Gasteiger partial charge in [0.25, 0.3) is 0 Å². The van der Waals surface area contributed by atoms with Crippen LogP contribution in [0, 0.1) is 5.92 Å². The Morgan fingerprint density at radius 1 is 1.29 bits per heavy atom. The summed E-state index contributed by atoms with van der Waals surface area (Å²) in [5, 5.41) is 7.52. The van der Waals surface area contributed by atoms with Crippen molar-refractivity contribution in [1.82, 2.24) is 15.3 Å². The Morgan fingerprint density at radius 3 is 2.89 bits per heavy atom. The minimum Gasteiger partial charge on any atom is -0.370 e. The van der Waals surface area contributed by atoms with Crippen molar-refractivity contribution in [2.75, 3.05) is 44.7 Å². The number of ether oxygens (including phenoxy) is 1. The second-order valence-corrected chi connectivity index (χ2v) is 9.05. The molecule has 0 unspecified atom stereocenters. The summed E-state index contributed by atoms with van der Waals surface area (Å²) >= 11 is 1.84. The van der Waals surface area contributed by atoms with Crippen molar-refractivity contribution < 1.29 is 14.4 Å². The number of carbonyl (C=O) groups excluding carboxylic acids is 1. The number of amides is 1. The highest BCUT2D eigenvalue weighted by atomic mass is 32.1. The third kappa shape index (κ3) is 4.45. The Hall–Kier alpha value is -1.77. The first-order chi connectivity index (χ1) is 13.6. The van der Waals surface area contributed by atoms with Gasteiger partial charge in [-0.3, -0.25) is 4.79 Å². The quantitative estimate of drug-likeness (QED) is 0.620. The predicted octanol–water partition coefficient (Wildman–Crippen LogP) is 0.779. The van der Waals surface area contributed by atoms with Gasteiger partial charge in [-0.25, -0.2) is 9.97 Å². The van der Waals surface area contributed by atoms with E-state index in [9.17, 15) is 4.79 Å². The van der Waals surface area contributed by atoms with E-state index in [1.807, 2.05) is 11.3 Å². The summed E-state index contributed by atoms with van der Waals surface area (Å²) in [7, 11) is 0. The number of thiophene rings is 1. The van der Waals surface area contributed by atoms with Crippen LogP contribution in [0.25, 0.3) is 10.2 Å². The number of aryl methyl sites for hydroxylation is 1. The molecule has 4 rings (SSSR count). The molecule has 152 valence electrons. The number of quaternary nitrogens is 1. The highest BCUT2D eigenvalue weighted by Gasteiger charge is 2.25. The smallest absolute Gasteiger partial charge is 0.216 e. The molecule has 0 spiro atoms. The number of nitrogens with zero attached hydrogens (tertiary/aromatic N) is 2. The molecule has 0 bridgehead atoms. The standard InChI is InChI=1S/C20H29N5O2S/c1-13-3-4-15-16(11-13)28-20-18(15)19(22-6-5-21-14(2)26)23-17(24-20)12-25-7-9-27-10-8-25/h13H,3-12H2,1-2H3,(H,21,26)(H,22,23,24)/p+1/t13-/m1/s1. The average Bonchev–Trinajstić information content (AvgIpc) is 3.03. The van der Waals surface area contributed by atoms with Crippen molar-refractivity contribution in [2.24, 2.45) is 5.92 Å². The van der Waals surface area contributed by atoms with E-state index in [2.05, 4.69) is 17.6 Å². The molecule has 2 aliphatic rings. The molecule has 8 heteroatoms. The number of anilines is 1. The molecule has 28 heavy (non-hydrogen) atoms. The summed E-state index contributed by atoms with van der Waals surface area (Å²) in [6.45, 7) is 9.59. The molecular formula is C20H30N5O2S+. The Labute approximate surface area is 169 Å². The van der Waals surface area contributed by atoms with Crippen LogP contribution in [0.1, 0.15) is 36.5 Å². The van der Waals surface area contributed by atoms with Gasteiger partial charge in [0.1, 0.15) is 30.3 Å². The van der Waals surface area contributed by atoms with Gasteiger partial charge >= 0.3 is 0 Å². The first-order valence-electron chi connectivity index (χ1n) is 10.3. The van der Waals surface area contributed by atoms with Crippen LogP contribution < -0.4 is 15.5 Å². The fourth-order valence-corrected chi connectivity index (χ4v) is 5.47. The Kier molecular flexibility index (Phi) is 6.08. The van der Waals surface area contributed by atoms with Crippen molar-refractivity contribution >= 4 is 33.3 Å². The lowest BCUT2D eigenvalue weighted by molar-refractivity contribution is -0.922. The van der Waals surface area contributed by atoms with Gasteiger partial charge in [-0.1, -0.05) is 6.92 Å². The monoisotopic (exact) mass is 404 g/mol. The molecule has 7 nitrogen and oxygen atoms in total. The lowest BCUT2D eigenvalue weighted by Crippen LogP contribution is -3.12. The van der Waals surface area contributed by atoms with Crippen LogP contribution >= 0.6 is 11.3 Å². The first-order valence-corrected chi connectivity index (χ1v) is 11.1. The van der Waals surface area contributed by atoms with Gasteiger partial charge in [0.15, 0.2) is 5.82 Å². The van der Waals surface area contributed by atoms with Crippen molar-refractivity contribution in [3.63, 3.8) is 0 Å². The van der Waals surface area contributed by atoms with E-state index in [0.29, 0.717) is 13.1 Å². The first kappa shape index (κ1) is 19.5. The van der Waals surface area contributed by atoms with Crippen LogP contribution in [0.15, 0.2) is 0 Å². The number of rotatable bonds is 6. The zero-order valence-corrected chi connectivity index (χ0v) is 17.6. The maximum atomic E-state index is 11.1. The number of aromatic nitrogens is 2. The lowest BCUT2D eigenvalue weighted by Gasteiger charge is -2.23. The van der Waals surface area contributed by atoms with Crippen molar-refractivity contribution in [3.8, 4) is 0 Å². The Morgan fingerprint density at radius 2 is 2.11 bits per heavy atom. The molecule has 3 heterocycles. The zero-order valence-electron chi connectivity index (χ0n) is 16.8. The predicted molar refractivity (Wildman–Crippen MR) is 111 cm³/mol. The van der Waals surface area contributed by atoms with E-state index in [1.54, 1.807) is 6.92 Å². The minimum absolute atomic E-state index is 0.00635. The van der Waals surface area contributed by atoms with Gasteiger partial charge in [0.05, 0.1) is 18.6 Å². The maximum Gasteiger partial charge on any atom is 0.216 e. The normalized spacial score (nSPS) is 20.1. The SMILES string of the molecule is CC(=O)NCCNc1nc(C[NH+]2CCOCC2)nc2sc3c(c12)CC[C@@H](C)C3. The van der Waals surface area contributed by atoms with Crippen LogP contribution in [0.5, 0.6) is 0 Å². The van der Waals surface area contributed by atoms with Gasteiger partial charge in [-0.2, -0.15) is 0 Å². The number of nitrogens with one attached hydrogen (secondary N) is 3. The summed E-state index contributed by atoms with van der Waals surface area (Å²) in [4.78, 5) is 25.1. The highest BCUT2D eigenvalue weighted by molar-refractivity contribution is 7.19. The van der Waals surface area contributed by atoms with E-state index >= 15 is 0 Å². The maximum absolute atomic E-state index is 11.1. The van der Waals surface area contributed by atoms with Crippen LogP contribution in [-0.2, 0) is 28.9 Å². The third-order valence-corrected chi connectivity index (χ3v) is 6.75. The summed E-state index contributed by atoms with van der Waals surface area (Å²) in [5.74, 6) is 2.57. The molecule has 1 aliphatic heterocycles. The topological polar surface area (TPSA) is 80.6 Å². The molecule has 1 saturated heterocycles. The lowest BCUT2D eigenvalue weighted by atomic mass is 9.89. The van der Waals surface area contributed by atoms with E-state index in [-0.39, 0.29) is 5.91 Å². The largest absolute Gasteiger partial charge is 0.370 e. The highest BCUT2D eigenvalue weighted by Crippen LogP contribution is 2.39. The minimum atomic E-state index is -0.00635. The van der Waals surface area contributed by atoms with E-state index in [0.717, 1.165) is 68.1 Å². The molecule has 2 aromatic rings.